The van der Waals surface area contributed by atoms with Crippen LogP contribution in [0.2, 0.25) is 0 Å². The van der Waals surface area contributed by atoms with Crippen LogP contribution in [0.3, 0.4) is 0 Å². The summed E-state index contributed by atoms with van der Waals surface area (Å²) in [5, 5.41) is 2.92. The second-order valence-corrected chi connectivity index (χ2v) is 4.90. The maximum atomic E-state index is 11.5. The van der Waals surface area contributed by atoms with Gasteiger partial charge in [0, 0.05) is 12.0 Å². The van der Waals surface area contributed by atoms with E-state index in [4.69, 9.17) is 0 Å². The molecule has 2 heteroatoms. The molecular weight excluding hydrogens is 186 g/mol. The van der Waals surface area contributed by atoms with Crippen molar-refractivity contribution in [3.8, 4) is 0 Å². The van der Waals surface area contributed by atoms with Crippen LogP contribution in [0, 0.1) is 11.8 Å². The fourth-order valence-electron chi connectivity index (χ4n) is 1.20. The molecule has 0 aliphatic carbocycles. The Kier molecular flexibility index (Phi) is 7.10. The Labute approximate surface area is 94.1 Å². The highest BCUT2D eigenvalue weighted by atomic mass is 16.1. The number of allylic oxidation sites excluding steroid dienone is 2. The van der Waals surface area contributed by atoms with Crippen molar-refractivity contribution in [1.29, 1.82) is 0 Å². The molecule has 0 aromatic rings. The molecule has 0 aromatic heterocycles. The van der Waals surface area contributed by atoms with Crippen LogP contribution in [0.4, 0.5) is 0 Å². The molecule has 0 radical (unpaired) electrons. The van der Waals surface area contributed by atoms with E-state index in [0.717, 1.165) is 12.8 Å². The van der Waals surface area contributed by atoms with Crippen LogP contribution >= 0.6 is 0 Å². The highest BCUT2D eigenvalue weighted by molar-refractivity contribution is 5.78. The summed E-state index contributed by atoms with van der Waals surface area (Å²) >= 11 is 0. The Morgan fingerprint density at radius 3 is 2.07 bits per heavy atom. The third-order valence-corrected chi connectivity index (χ3v) is 2.14. The minimum atomic E-state index is 0.0795. The summed E-state index contributed by atoms with van der Waals surface area (Å²) in [7, 11) is 0. The first kappa shape index (κ1) is 14.2. The molecule has 0 spiro atoms. The molecule has 0 bridgehead atoms. The van der Waals surface area contributed by atoms with Crippen molar-refractivity contribution in [2.45, 2.75) is 53.5 Å². The molecule has 0 saturated heterocycles. The van der Waals surface area contributed by atoms with Gasteiger partial charge in [-0.3, -0.25) is 4.79 Å². The van der Waals surface area contributed by atoms with Gasteiger partial charge in [-0.05, 0) is 32.6 Å². The molecule has 0 heterocycles. The van der Waals surface area contributed by atoms with Crippen molar-refractivity contribution >= 4 is 5.91 Å². The molecule has 1 amide bonds. The normalized spacial score (nSPS) is 13.8. The van der Waals surface area contributed by atoms with Crippen LogP contribution in [0.25, 0.3) is 0 Å². The largest absolute Gasteiger partial charge is 0.354 e. The summed E-state index contributed by atoms with van der Waals surface area (Å²) in [5.41, 5.74) is 0. The average Bonchev–Trinajstić information content (AvgIpc) is 2.10. The zero-order valence-electron chi connectivity index (χ0n) is 10.7. The lowest BCUT2D eigenvalue weighted by Crippen LogP contribution is -2.34. The summed E-state index contributed by atoms with van der Waals surface area (Å²) in [5.74, 6) is 0.927. The predicted octanol–water partition coefficient (Wildman–Crippen LogP) is 3.14. The van der Waals surface area contributed by atoms with E-state index in [0.29, 0.717) is 5.92 Å². The van der Waals surface area contributed by atoms with Crippen LogP contribution in [-0.4, -0.2) is 11.9 Å². The lowest BCUT2D eigenvalue weighted by molar-refractivity contribution is -0.124. The highest BCUT2D eigenvalue weighted by Crippen LogP contribution is 2.06. The van der Waals surface area contributed by atoms with Crippen molar-refractivity contribution in [3.05, 3.63) is 12.2 Å². The summed E-state index contributed by atoms with van der Waals surface area (Å²) in [6.07, 6.45) is 6.22. The number of nitrogens with one attached hydrogen (secondary N) is 1. The topological polar surface area (TPSA) is 29.1 Å². The van der Waals surface area contributed by atoms with Gasteiger partial charge in [0.05, 0.1) is 0 Å². The second-order valence-electron chi connectivity index (χ2n) is 4.90. The highest BCUT2D eigenvalue weighted by Gasteiger charge is 2.11. The van der Waals surface area contributed by atoms with Gasteiger partial charge >= 0.3 is 0 Å². The van der Waals surface area contributed by atoms with Gasteiger partial charge < -0.3 is 5.32 Å². The summed E-state index contributed by atoms with van der Waals surface area (Å²) < 4.78 is 0. The maximum Gasteiger partial charge on any atom is 0.223 e. The first-order chi connectivity index (χ1) is 6.93. The van der Waals surface area contributed by atoms with E-state index in [2.05, 4.69) is 31.3 Å². The van der Waals surface area contributed by atoms with E-state index < -0.39 is 0 Å². The van der Waals surface area contributed by atoms with Crippen molar-refractivity contribution in [3.63, 3.8) is 0 Å². The Morgan fingerprint density at radius 1 is 1.07 bits per heavy atom. The Morgan fingerprint density at radius 2 is 1.60 bits per heavy atom. The van der Waals surface area contributed by atoms with Gasteiger partial charge in [-0.25, -0.2) is 0 Å². The van der Waals surface area contributed by atoms with Crippen LogP contribution in [0.1, 0.15) is 47.5 Å². The fraction of sp³-hybridized carbons (Fsp3) is 0.769. The van der Waals surface area contributed by atoms with Crippen LogP contribution < -0.4 is 5.32 Å². The molecular formula is C13H25NO. The standard InChI is InChI=1S/C13H25NO/c1-10(2)8-6-7-9-12(5)13(15)14-11(3)4/h6-7,10-12H,8-9H2,1-5H3,(H,14,15)/b7-6+. The van der Waals surface area contributed by atoms with Gasteiger partial charge in [0.25, 0.3) is 0 Å². The number of rotatable bonds is 6. The molecule has 0 rings (SSSR count). The molecule has 1 unspecified atom stereocenters. The van der Waals surface area contributed by atoms with E-state index in [-0.39, 0.29) is 17.9 Å². The van der Waals surface area contributed by atoms with Gasteiger partial charge in [-0.2, -0.15) is 0 Å². The van der Waals surface area contributed by atoms with Gasteiger partial charge in [-0.15, -0.1) is 0 Å². The zero-order chi connectivity index (χ0) is 11.8. The van der Waals surface area contributed by atoms with E-state index in [1.165, 1.54) is 0 Å². The van der Waals surface area contributed by atoms with Crippen molar-refractivity contribution in [2.75, 3.05) is 0 Å². The lowest BCUT2D eigenvalue weighted by Gasteiger charge is -2.12. The molecule has 88 valence electrons. The molecule has 0 aliphatic heterocycles. The Balaban J connectivity index is 3.77. The SMILES string of the molecule is CC(C)C/C=C/CC(C)C(=O)NC(C)C. The van der Waals surface area contributed by atoms with Gasteiger partial charge in [-0.1, -0.05) is 32.9 Å². The number of amides is 1. The maximum absolute atomic E-state index is 11.5. The van der Waals surface area contributed by atoms with Crippen molar-refractivity contribution in [1.82, 2.24) is 5.32 Å². The lowest BCUT2D eigenvalue weighted by atomic mass is 10.0. The second kappa shape index (κ2) is 7.49. The predicted molar refractivity (Wildman–Crippen MR) is 65.7 cm³/mol. The molecule has 0 saturated carbocycles. The minimum Gasteiger partial charge on any atom is -0.354 e. The van der Waals surface area contributed by atoms with E-state index in [1.807, 2.05) is 20.8 Å². The quantitative estimate of drug-likeness (QED) is 0.672. The third-order valence-electron chi connectivity index (χ3n) is 2.14. The van der Waals surface area contributed by atoms with Crippen LogP contribution in [0.5, 0.6) is 0 Å². The molecule has 15 heavy (non-hydrogen) atoms. The third kappa shape index (κ3) is 8.22. The number of carbonyl (C=O) groups is 1. The molecule has 1 N–H and O–H groups in total. The van der Waals surface area contributed by atoms with E-state index in [9.17, 15) is 4.79 Å². The minimum absolute atomic E-state index is 0.0795. The molecule has 0 aromatic carbocycles. The molecule has 2 nitrogen and oxygen atoms in total. The number of hydrogen-bond donors (Lipinski definition) is 1. The zero-order valence-corrected chi connectivity index (χ0v) is 10.7. The van der Waals surface area contributed by atoms with Gasteiger partial charge in [0.15, 0.2) is 0 Å². The number of hydrogen-bond acceptors (Lipinski definition) is 1. The average molecular weight is 211 g/mol. The van der Waals surface area contributed by atoms with Crippen molar-refractivity contribution < 1.29 is 4.79 Å². The Hall–Kier alpha value is -0.790. The van der Waals surface area contributed by atoms with E-state index in [1.54, 1.807) is 0 Å². The summed E-state index contributed by atoms with van der Waals surface area (Å²) in [4.78, 5) is 11.5. The first-order valence-corrected chi connectivity index (χ1v) is 5.88. The first-order valence-electron chi connectivity index (χ1n) is 5.88. The van der Waals surface area contributed by atoms with E-state index >= 15 is 0 Å². The summed E-state index contributed by atoms with van der Waals surface area (Å²) in [6, 6.07) is 0.236. The number of carbonyl (C=O) groups excluding carboxylic acids is 1. The Bertz CT molecular complexity index is 207. The van der Waals surface area contributed by atoms with Gasteiger partial charge in [0.1, 0.15) is 0 Å². The molecule has 1 atom stereocenters. The van der Waals surface area contributed by atoms with Crippen LogP contribution in [-0.2, 0) is 4.79 Å². The molecule has 0 aliphatic rings. The smallest absolute Gasteiger partial charge is 0.223 e. The molecule has 0 fully saturated rings. The monoisotopic (exact) mass is 211 g/mol. The summed E-state index contributed by atoms with van der Waals surface area (Å²) in [6.45, 7) is 10.3. The fourth-order valence-corrected chi connectivity index (χ4v) is 1.20. The van der Waals surface area contributed by atoms with Crippen molar-refractivity contribution in [2.24, 2.45) is 11.8 Å². The van der Waals surface area contributed by atoms with Crippen LogP contribution in [0.15, 0.2) is 12.2 Å². The van der Waals surface area contributed by atoms with Gasteiger partial charge in [0.2, 0.25) is 5.91 Å².